The molecule has 3 aromatic rings. The molecule has 3 N–H and O–H groups in total. The highest BCUT2D eigenvalue weighted by Gasteiger charge is 2.10. The molecule has 0 aromatic heterocycles. The van der Waals surface area contributed by atoms with E-state index in [9.17, 15) is 14.7 Å². The summed E-state index contributed by atoms with van der Waals surface area (Å²) < 4.78 is 0. The molecule has 130 valence electrons. The molecule has 0 spiro atoms. The van der Waals surface area contributed by atoms with Gasteiger partial charge in [0.1, 0.15) is 5.75 Å². The van der Waals surface area contributed by atoms with Gasteiger partial charge in [-0.25, -0.2) is 5.43 Å². The summed E-state index contributed by atoms with van der Waals surface area (Å²) in [4.78, 5) is 24.2. The van der Waals surface area contributed by atoms with Gasteiger partial charge in [-0.3, -0.25) is 9.59 Å². The van der Waals surface area contributed by atoms with Gasteiger partial charge in [0.15, 0.2) is 0 Å². The SMILES string of the molecule is O=C(CNC(=O)c1cccc2ccccc12)NN=Cc1ccccc1O. The van der Waals surface area contributed by atoms with Crippen molar-refractivity contribution < 1.29 is 14.7 Å². The summed E-state index contributed by atoms with van der Waals surface area (Å²) in [5, 5.41) is 17.7. The van der Waals surface area contributed by atoms with Crippen LogP contribution in [0.15, 0.2) is 71.8 Å². The number of nitrogens with zero attached hydrogens (tertiary/aromatic N) is 1. The maximum absolute atomic E-state index is 12.3. The minimum atomic E-state index is -0.467. The Hall–Kier alpha value is -3.67. The Bertz CT molecular complexity index is 977. The number of phenolic OH excluding ortho intramolecular Hbond substituents is 1. The minimum absolute atomic E-state index is 0.0646. The van der Waals surface area contributed by atoms with Crippen LogP contribution in [-0.4, -0.2) is 29.7 Å². The van der Waals surface area contributed by atoms with Crippen molar-refractivity contribution in [3.8, 4) is 5.75 Å². The van der Waals surface area contributed by atoms with Crippen molar-refractivity contribution >= 4 is 28.8 Å². The van der Waals surface area contributed by atoms with Crippen LogP contribution in [0.4, 0.5) is 0 Å². The van der Waals surface area contributed by atoms with Crippen LogP contribution in [-0.2, 0) is 4.79 Å². The average molecular weight is 347 g/mol. The molecule has 0 bridgehead atoms. The van der Waals surface area contributed by atoms with Crippen LogP contribution >= 0.6 is 0 Å². The number of phenols is 1. The Morgan fingerprint density at radius 1 is 0.962 bits per heavy atom. The molecule has 0 unspecified atom stereocenters. The third kappa shape index (κ3) is 4.05. The summed E-state index contributed by atoms with van der Waals surface area (Å²) in [5.41, 5.74) is 3.29. The summed E-state index contributed by atoms with van der Waals surface area (Å²) in [6, 6.07) is 19.6. The van der Waals surface area contributed by atoms with Crippen LogP contribution < -0.4 is 10.7 Å². The van der Waals surface area contributed by atoms with Crippen LogP contribution in [0, 0.1) is 0 Å². The Balaban J connectivity index is 1.57. The van der Waals surface area contributed by atoms with Crippen molar-refractivity contribution in [1.82, 2.24) is 10.7 Å². The number of aromatic hydroxyl groups is 1. The lowest BCUT2D eigenvalue weighted by Crippen LogP contribution is -2.35. The fraction of sp³-hybridized carbons (Fsp3) is 0.0500. The van der Waals surface area contributed by atoms with Crippen molar-refractivity contribution in [3.63, 3.8) is 0 Å². The van der Waals surface area contributed by atoms with Gasteiger partial charge in [0, 0.05) is 11.1 Å². The fourth-order valence-electron chi connectivity index (χ4n) is 2.49. The molecule has 3 aromatic carbocycles. The number of para-hydroxylation sites is 1. The van der Waals surface area contributed by atoms with E-state index in [4.69, 9.17) is 0 Å². The second-order valence-electron chi connectivity index (χ2n) is 5.56. The van der Waals surface area contributed by atoms with E-state index < -0.39 is 5.91 Å². The molecule has 0 saturated carbocycles. The number of hydrogen-bond acceptors (Lipinski definition) is 4. The molecule has 0 saturated heterocycles. The summed E-state index contributed by atoms with van der Waals surface area (Å²) in [6.07, 6.45) is 1.33. The van der Waals surface area contributed by atoms with Gasteiger partial charge < -0.3 is 10.4 Å². The normalized spacial score (nSPS) is 10.8. The molecular formula is C20H17N3O3. The van der Waals surface area contributed by atoms with E-state index >= 15 is 0 Å². The Morgan fingerprint density at radius 3 is 2.54 bits per heavy atom. The number of fused-ring (bicyclic) bond motifs is 1. The van der Waals surface area contributed by atoms with Crippen molar-refractivity contribution in [3.05, 3.63) is 77.9 Å². The van der Waals surface area contributed by atoms with Gasteiger partial charge in [-0.05, 0) is 29.0 Å². The first kappa shape index (κ1) is 17.2. The molecule has 0 aliphatic rings. The highest BCUT2D eigenvalue weighted by Crippen LogP contribution is 2.18. The number of amides is 2. The third-order valence-electron chi connectivity index (χ3n) is 3.77. The lowest BCUT2D eigenvalue weighted by Gasteiger charge is -2.07. The zero-order valence-electron chi connectivity index (χ0n) is 13.8. The molecule has 6 heteroatoms. The zero-order valence-corrected chi connectivity index (χ0v) is 13.8. The van der Waals surface area contributed by atoms with Crippen LogP contribution in [0.25, 0.3) is 10.8 Å². The maximum atomic E-state index is 12.3. The summed E-state index contributed by atoms with van der Waals surface area (Å²) >= 11 is 0. The van der Waals surface area contributed by atoms with E-state index in [2.05, 4.69) is 15.8 Å². The van der Waals surface area contributed by atoms with Gasteiger partial charge in [0.2, 0.25) is 0 Å². The second kappa shape index (κ2) is 7.94. The van der Waals surface area contributed by atoms with Gasteiger partial charge in [-0.15, -0.1) is 0 Å². The molecule has 26 heavy (non-hydrogen) atoms. The maximum Gasteiger partial charge on any atom is 0.259 e. The van der Waals surface area contributed by atoms with E-state index in [1.54, 1.807) is 30.3 Å². The van der Waals surface area contributed by atoms with Crippen LogP contribution in [0.2, 0.25) is 0 Å². The number of hydrogen-bond donors (Lipinski definition) is 3. The van der Waals surface area contributed by atoms with Crippen molar-refractivity contribution in [2.75, 3.05) is 6.54 Å². The fourth-order valence-corrected chi connectivity index (χ4v) is 2.49. The van der Waals surface area contributed by atoms with Crippen molar-refractivity contribution in [2.24, 2.45) is 5.10 Å². The predicted molar refractivity (Wildman–Crippen MR) is 100 cm³/mol. The smallest absolute Gasteiger partial charge is 0.259 e. The van der Waals surface area contributed by atoms with Crippen LogP contribution in [0.3, 0.4) is 0 Å². The van der Waals surface area contributed by atoms with E-state index in [1.165, 1.54) is 12.3 Å². The third-order valence-corrected chi connectivity index (χ3v) is 3.77. The first-order valence-corrected chi connectivity index (χ1v) is 8.01. The van der Waals surface area contributed by atoms with Crippen molar-refractivity contribution in [1.29, 1.82) is 0 Å². The van der Waals surface area contributed by atoms with E-state index in [0.717, 1.165) is 10.8 Å². The lowest BCUT2D eigenvalue weighted by molar-refractivity contribution is -0.120. The van der Waals surface area contributed by atoms with E-state index in [-0.39, 0.29) is 18.2 Å². The largest absolute Gasteiger partial charge is 0.507 e. The number of rotatable bonds is 5. The topological polar surface area (TPSA) is 90.8 Å². The Labute approximate surface area is 150 Å². The van der Waals surface area contributed by atoms with Gasteiger partial charge in [-0.1, -0.05) is 48.5 Å². The standard InChI is InChI=1S/C20H17N3O3/c24-18-11-4-2-7-15(18)12-22-23-19(25)13-21-20(26)17-10-5-8-14-6-1-3-9-16(14)17/h1-12,24H,13H2,(H,21,26)(H,23,25). The van der Waals surface area contributed by atoms with Gasteiger partial charge in [0.05, 0.1) is 12.8 Å². The number of hydrazone groups is 1. The summed E-state index contributed by atoms with van der Waals surface area (Å²) in [6.45, 7) is -0.208. The predicted octanol–water partition coefficient (Wildman–Crippen LogP) is 2.43. The summed E-state index contributed by atoms with van der Waals surface area (Å²) in [7, 11) is 0. The monoisotopic (exact) mass is 347 g/mol. The van der Waals surface area contributed by atoms with Crippen molar-refractivity contribution in [2.45, 2.75) is 0 Å². The molecule has 0 atom stereocenters. The molecule has 0 heterocycles. The van der Waals surface area contributed by atoms with Gasteiger partial charge in [0.25, 0.3) is 11.8 Å². The quantitative estimate of drug-likeness (QED) is 0.489. The highest BCUT2D eigenvalue weighted by atomic mass is 16.3. The highest BCUT2D eigenvalue weighted by molar-refractivity contribution is 6.07. The second-order valence-corrected chi connectivity index (χ2v) is 5.56. The van der Waals surface area contributed by atoms with E-state index in [0.29, 0.717) is 11.1 Å². The van der Waals surface area contributed by atoms with Gasteiger partial charge >= 0.3 is 0 Å². The Kier molecular flexibility index (Phi) is 5.24. The Morgan fingerprint density at radius 2 is 1.69 bits per heavy atom. The number of carbonyl (C=O) groups is 2. The number of benzene rings is 3. The first-order chi connectivity index (χ1) is 12.6. The molecule has 0 aliphatic heterocycles. The number of carbonyl (C=O) groups excluding carboxylic acids is 2. The molecular weight excluding hydrogens is 330 g/mol. The molecule has 2 amide bonds. The molecule has 3 rings (SSSR count). The van der Waals surface area contributed by atoms with Crippen LogP contribution in [0.5, 0.6) is 5.75 Å². The summed E-state index contributed by atoms with van der Waals surface area (Å²) in [5.74, 6) is -0.735. The zero-order chi connectivity index (χ0) is 18.4. The average Bonchev–Trinajstić information content (AvgIpc) is 2.67. The molecule has 6 nitrogen and oxygen atoms in total. The molecule has 0 aliphatic carbocycles. The lowest BCUT2D eigenvalue weighted by atomic mass is 10.0. The first-order valence-electron chi connectivity index (χ1n) is 8.01. The van der Waals surface area contributed by atoms with Crippen LogP contribution in [0.1, 0.15) is 15.9 Å². The minimum Gasteiger partial charge on any atom is -0.507 e. The van der Waals surface area contributed by atoms with E-state index in [1.807, 2.05) is 30.3 Å². The number of nitrogens with one attached hydrogen (secondary N) is 2. The van der Waals surface area contributed by atoms with Gasteiger partial charge in [-0.2, -0.15) is 5.10 Å². The molecule has 0 fully saturated rings. The molecule has 0 radical (unpaired) electrons.